The van der Waals surface area contributed by atoms with E-state index in [-0.39, 0.29) is 30.9 Å². The fourth-order valence-corrected chi connectivity index (χ4v) is 3.72. The molecule has 1 aromatic carbocycles. The van der Waals surface area contributed by atoms with Crippen molar-refractivity contribution in [2.45, 2.75) is 39.2 Å². The molecule has 1 aliphatic heterocycles. The van der Waals surface area contributed by atoms with Gasteiger partial charge in [-0.2, -0.15) is 0 Å². The van der Waals surface area contributed by atoms with Gasteiger partial charge in [-0.3, -0.25) is 4.79 Å². The Labute approximate surface area is 144 Å². The molecule has 2 rings (SSSR count). The Morgan fingerprint density at radius 2 is 1.96 bits per heavy atom. The molecule has 1 atom stereocenters. The number of amides is 1. The zero-order chi connectivity index (χ0) is 17.7. The van der Waals surface area contributed by atoms with E-state index in [1.807, 2.05) is 31.2 Å². The number of rotatable bonds is 7. The number of nitrogens with zero attached hydrogens (tertiary/aromatic N) is 1. The second-order valence-corrected chi connectivity index (χ2v) is 8.28. The molecule has 1 saturated heterocycles. The maximum atomic E-state index is 12.1. The van der Waals surface area contributed by atoms with Crippen molar-refractivity contribution in [3.63, 3.8) is 0 Å². The first-order valence-corrected chi connectivity index (χ1v) is 9.97. The molecule has 1 N–H and O–H groups in total. The SMILES string of the molecule is CCCS(=O)(=O)NCC1CN(c2ccc(C(C)C)cc2)C(=O)CO1. The second-order valence-electron chi connectivity index (χ2n) is 6.35. The summed E-state index contributed by atoms with van der Waals surface area (Å²) < 4.78 is 31.5. The van der Waals surface area contributed by atoms with Gasteiger partial charge in [-0.05, 0) is 30.0 Å². The Bertz CT molecular complexity index is 656. The van der Waals surface area contributed by atoms with Crippen LogP contribution in [0.4, 0.5) is 5.69 Å². The molecule has 1 aromatic rings. The van der Waals surface area contributed by atoms with Crippen molar-refractivity contribution in [2.24, 2.45) is 0 Å². The first-order chi connectivity index (χ1) is 11.3. The van der Waals surface area contributed by atoms with Gasteiger partial charge < -0.3 is 9.64 Å². The lowest BCUT2D eigenvalue weighted by molar-refractivity contribution is -0.129. The number of nitrogens with one attached hydrogen (secondary N) is 1. The van der Waals surface area contributed by atoms with Crippen LogP contribution in [0.15, 0.2) is 24.3 Å². The van der Waals surface area contributed by atoms with Crippen LogP contribution in [0.5, 0.6) is 0 Å². The number of carbonyl (C=O) groups is 1. The van der Waals surface area contributed by atoms with E-state index < -0.39 is 10.0 Å². The Kier molecular flexibility index (Phi) is 6.37. The zero-order valence-electron chi connectivity index (χ0n) is 14.5. The summed E-state index contributed by atoms with van der Waals surface area (Å²) in [5.41, 5.74) is 2.03. The van der Waals surface area contributed by atoms with Crippen LogP contribution in [0.3, 0.4) is 0 Å². The molecule has 1 fully saturated rings. The van der Waals surface area contributed by atoms with E-state index in [4.69, 9.17) is 4.74 Å². The van der Waals surface area contributed by atoms with Crippen LogP contribution in [0.1, 0.15) is 38.7 Å². The molecule has 1 heterocycles. The standard InChI is InChI=1S/C17H26N2O4S/c1-4-9-24(21,22)18-10-16-11-19(17(20)12-23-16)15-7-5-14(6-8-15)13(2)3/h5-8,13,16,18H,4,9-12H2,1-3H3. The maximum Gasteiger partial charge on any atom is 0.253 e. The highest BCUT2D eigenvalue weighted by Crippen LogP contribution is 2.22. The average molecular weight is 354 g/mol. The van der Waals surface area contributed by atoms with Crippen LogP contribution in [-0.2, 0) is 19.6 Å². The summed E-state index contributed by atoms with van der Waals surface area (Å²) in [6.45, 7) is 6.54. The number of morpholine rings is 1. The third-order valence-electron chi connectivity index (χ3n) is 4.00. The Balaban J connectivity index is 2.01. The summed E-state index contributed by atoms with van der Waals surface area (Å²) in [5, 5.41) is 0. The van der Waals surface area contributed by atoms with Crippen LogP contribution in [0.2, 0.25) is 0 Å². The van der Waals surface area contributed by atoms with Gasteiger partial charge in [0.15, 0.2) is 0 Å². The van der Waals surface area contributed by atoms with Crippen molar-refractivity contribution in [3.05, 3.63) is 29.8 Å². The van der Waals surface area contributed by atoms with Crippen LogP contribution in [0.25, 0.3) is 0 Å². The quantitative estimate of drug-likeness (QED) is 0.811. The maximum absolute atomic E-state index is 12.1. The smallest absolute Gasteiger partial charge is 0.253 e. The van der Waals surface area contributed by atoms with Gasteiger partial charge >= 0.3 is 0 Å². The second kappa shape index (κ2) is 8.09. The molecule has 0 aliphatic carbocycles. The number of anilines is 1. The van der Waals surface area contributed by atoms with Gasteiger partial charge in [0, 0.05) is 12.2 Å². The number of carbonyl (C=O) groups excluding carboxylic acids is 1. The largest absolute Gasteiger partial charge is 0.365 e. The van der Waals surface area contributed by atoms with E-state index in [1.165, 1.54) is 5.56 Å². The summed E-state index contributed by atoms with van der Waals surface area (Å²) in [5.74, 6) is 0.416. The highest BCUT2D eigenvalue weighted by molar-refractivity contribution is 7.89. The molecule has 0 spiro atoms. The molecule has 7 heteroatoms. The fraction of sp³-hybridized carbons (Fsp3) is 0.588. The summed E-state index contributed by atoms with van der Waals surface area (Å²) >= 11 is 0. The number of hydrogen-bond acceptors (Lipinski definition) is 4. The molecule has 24 heavy (non-hydrogen) atoms. The third-order valence-corrected chi connectivity index (χ3v) is 5.56. The predicted octanol–water partition coefficient (Wildman–Crippen LogP) is 1.87. The van der Waals surface area contributed by atoms with E-state index in [1.54, 1.807) is 4.90 Å². The van der Waals surface area contributed by atoms with Gasteiger partial charge in [-0.15, -0.1) is 0 Å². The summed E-state index contributed by atoms with van der Waals surface area (Å²) in [4.78, 5) is 13.8. The van der Waals surface area contributed by atoms with Crippen molar-refractivity contribution < 1.29 is 17.9 Å². The highest BCUT2D eigenvalue weighted by Gasteiger charge is 2.28. The van der Waals surface area contributed by atoms with Crippen molar-refractivity contribution in [1.29, 1.82) is 0 Å². The molecule has 0 bridgehead atoms. The Morgan fingerprint density at radius 3 is 2.54 bits per heavy atom. The Hall–Kier alpha value is -1.44. The fourth-order valence-electron chi connectivity index (χ4n) is 2.60. The van der Waals surface area contributed by atoms with Crippen LogP contribution in [-0.4, -0.2) is 45.9 Å². The molecule has 0 aromatic heterocycles. The molecule has 1 aliphatic rings. The van der Waals surface area contributed by atoms with Crippen molar-refractivity contribution in [2.75, 3.05) is 30.3 Å². The van der Waals surface area contributed by atoms with Gasteiger partial charge in [0.1, 0.15) is 6.61 Å². The normalized spacial score (nSPS) is 19.1. The van der Waals surface area contributed by atoms with Crippen molar-refractivity contribution in [1.82, 2.24) is 4.72 Å². The zero-order valence-corrected chi connectivity index (χ0v) is 15.3. The molecular weight excluding hydrogens is 328 g/mol. The number of hydrogen-bond donors (Lipinski definition) is 1. The van der Waals surface area contributed by atoms with E-state index >= 15 is 0 Å². The van der Waals surface area contributed by atoms with Gasteiger partial charge in [-0.25, -0.2) is 13.1 Å². The molecular formula is C17H26N2O4S. The summed E-state index contributed by atoms with van der Waals surface area (Å²) in [6, 6.07) is 7.89. The lowest BCUT2D eigenvalue weighted by atomic mass is 10.0. The average Bonchev–Trinajstić information content (AvgIpc) is 2.54. The van der Waals surface area contributed by atoms with E-state index in [0.717, 1.165) is 5.69 Å². The molecule has 1 unspecified atom stereocenters. The summed E-state index contributed by atoms with van der Waals surface area (Å²) in [7, 11) is -3.28. The van der Waals surface area contributed by atoms with Gasteiger partial charge in [0.2, 0.25) is 10.0 Å². The lowest BCUT2D eigenvalue weighted by Gasteiger charge is -2.33. The lowest BCUT2D eigenvalue weighted by Crippen LogP contribution is -2.50. The molecule has 1 amide bonds. The molecule has 0 radical (unpaired) electrons. The summed E-state index contributed by atoms with van der Waals surface area (Å²) in [6.07, 6.45) is 0.215. The minimum Gasteiger partial charge on any atom is -0.365 e. The first-order valence-electron chi connectivity index (χ1n) is 8.31. The van der Waals surface area contributed by atoms with Gasteiger partial charge in [-0.1, -0.05) is 32.9 Å². The van der Waals surface area contributed by atoms with E-state index in [2.05, 4.69) is 18.6 Å². The highest BCUT2D eigenvalue weighted by atomic mass is 32.2. The van der Waals surface area contributed by atoms with E-state index in [9.17, 15) is 13.2 Å². The van der Waals surface area contributed by atoms with Gasteiger partial charge in [0.05, 0.1) is 18.4 Å². The number of ether oxygens (including phenoxy) is 1. The first kappa shape index (κ1) is 18.9. The monoisotopic (exact) mass is 354 g/mol. The minimum absolute atomic E-state index is 0.0356. The third kappa shape index (κ3) is 5.03. The van der Waals surface area contributed by atoms with Crippen molar-refractivity contribution >= 4 is 21.6 Å². The predicted molar refractivity (Wildman–Crippen MR) is 94.7 cm³/mol. The number of sulfonamides is 1. The minimum atomic E-state index is -3.28. The molecule has 134 valence electrons. The van der Waals surface area contributed by atoms with Crippen LogP contribution >= 0.6 is 0 Å². The Morgan fingerprint density at radius 1 is 1.29 bits per heavy atom. The van der Waals surface area contributed by atoms with Gasteiger partial charge in [0.25, 0.3) is 5.91 Å². The van der Waals surface area contributed by atoms with E-state index in [0.29, 0.717) is 18.9 Å². The van der Waals surface area contributed by atoms with Crippen LogP contribution in [0, 0.1) is 0 Å². The number of benzene rings is 1. The molecule has 0 saturated carbocycles. The van der Waals surface area contributed by atoms with Crippen molar-refractivity contribution in [3.8, 4) is 0 Å². The topological polar surface area (TPSA) is 75.7 Å². The molecule has 6 nitrogen and oxygen atoms in total. The van der Waals surface area contributed by atoms with Crippen LogP contribution < -0.4 is 9.62 Å².